The maximum Gasteiger partial charge on any atom is 0.263 e. The molecule has 1 aromatic heterocycles. The minimum absolute atomic E-state index is 0.0883. The van der Waals surface area contributed by atoms with Crippen molar-refractivity contribution in [3.63, 3.8) is 0 Å². The molecule has 20 heavy (non-hydrogen) atoms. The number of aromatic nitrogens is 1. The molecule has 0 aliphatic carbocycles. The molecule has 0 radical (unpaired) electrons. The van der Waals surface area contributed by atoms with Crippen molar-refractivity contribution >= 4 is 48.8 Å². The molecule has 0 saturated carbocycles. The molecule has 0 atom stereocenters. The molecule has 5 nitrogen and oxygen atoms in total. The smallest absolute Gasteiger partial charge is 0.263 e. The molecule has 1 heterocycles. The summed E-state index contributed by atoms with van der Waals surface area (Å²) in [6.07, 6.45) is 2.78. The molecular formula is C12H10BrN3O2S2. The van der Waals surface area contributed by atoms with E-state index in [1.54, 1.807) is 24.3 Å². The summed E-state index contributed by atoms with van der Waals surface area (Å²) < 4.78 is 27.3. The van der Waals surface area contributed by atoms with Crippen LogP contribution in [0.1, 0.15) is 5.56 Å². The SMILES string of the molecule is NC(=S)c1ccc(NS(=O)(=O)c2cccnc2)c(Br)c1. The van der Waals surface area contributed by atoms with E-state index < -0.39 is 10.0 Å². The first-order chi connectivity index (χ1) is 9.40. The van der Waals surface area contributed by atoms with Gasteiger partial charge in [-0.1, -0.05) is 12.2 Å². The van der Waals surface area contributed by atoms with Crippen LogP contribution >= 0.6 is 28.1 Å². The van der Waals surface area contributed by atoms with Gasteiger partial charge in [-0.2, -0.15) is 0 Å². The summed E-state index contributed by atoms with van der Waals surface area (Å²) in [6.45, 7) is 0. The van der Waals surface area contributed by atoms with Gasteiger partial charge in [0.05, 0.1) is 5.69 Å². The van der Waals surface area contributed by atoms with Crippen LogP contribution in [0, 0.1) is 0 Å². The second-order valence-electron chi connectivity index (χ2n) is 3.85. The average molecular weight is 372 g/mol. The molecule has 0 amide bonds. The number of nitrogens with one attached hydrogen (secondary N) is 1. The van der Waals surface area contributed by atoms with Gasteiger partial charge in [0.25, 0.3) is 10.0 Å². The van der Waals surface area contributed by atoms with Crippen molar-refractivity contribution in [3.05, 3.63) is 52.8 Å². The molecule has 104 valence electrons. The minimum Gasteiger partial charge on any atom is -0.389 e. The van der Waals surface area contributed by atoms with Crippen molar-refractivity contribution in [2.24, 2.45) is 5.73 Å². The number of rotatable bonds is 4. The molecule has 0 unspecified atom stereocenters. The van der Waals surface area contributed by atoms with Crippen LogP contribution in [-0.4, -0.2) is 18.4 Å². The number of nitrogens with zero attached hydrogens (tertiary/aromatic N) is 1. The standard InChI is InChI=1S/C12H10BrN3O2S2/c13-10-6-8(12(14)19)3-4-11(10)16-20(17,18)9-2-1-5-15-7-9/h1-7,16H,(H2,14,19). The first-order valence-corrected chi connectivity index (χ1v) is 8.11. The van der Waals surface area contributed by atoms with Gasteiger partial charge in [-0.25, -0.2) is 8.42 Å². The number of halogens is 1. The Bertz CT molecular complexity index is 749. The van der Waals surface area contributed by atoms with E-state index in [0.29, 0.717) is 15.7 Å². The third kappa shape index (κ3) is 3.33. The van der Waals surface area contributed by atoms with Crippen molar-refractivity contribution in [3.8, 4) is 0 Å². The van der Waals surface area contributed by atoms with Gasteiger partial charge in [-0.15, -0.1) is 0 Å². The van der Waals surface area contributed by atoms with Gasteiger partial charge in [0, 0.05) is 22.4 Å². The normalized spacial score (nSPS) is 11.1. The first-order valence-electron chi connectivity index (χ1n) is 5.42. The van der Waals surface area contributed by atoms with E-state index in [0.717, 1.165) is 0 Å². The summed E-state index contributed by atoms with van der Waals surface area (Å²) >= 11 is 8.14. The quantitative estimate of drug-likeness (QED) is 0.805. The van der Waals surface area contributed by atoms with Crippen LogP contribution in [-0.2, 0) is 10.0 Å². The Labute approximate surface area is 130 Å². The fourth-order valence-corrected chi connectivity index (χ4v) is 3.24. The van der Waals surface area contributed by atoms with Gasteiger partial charge in [0.1, 0.15) is 9.88 Å². The van der Waals surface area contributed by atoms with Crippen LogP contribution in [0.2, 0.25) is 0 Å². The van der Waals surface area contributed by atoms with Crippen molar-refractivity contribution in [2.75, 3.05) is 4.72 Å². The topological polar surface area (TPSA) is 85.1 Å². The zero-order valence-electron chi connectivity index (χ0n) is 10.1. The Morgan fingerprint density at radius 1 is 1.35 bits per heavy atom. The molecule has 0 aliphatic rings. The van der Waals surface area contributed by atoms with E-state index in [2.05, 4.69) is 25.6 Å². The maximum atomic E-state index is 12.2. The lowest BCUT2D eigenvalue weighted by Crippen LogP contribution is -2.14. The number of hydrogen-bond donors (Lipinski definition) is 2. The zero-order chi connectivity index (χ0) is 14.8. The van der Waals surface area contributed by atoms with Gasteiger partial charge in [0.15, 0.2) is 0 Å². The van der Waals surface area contributed by atoms with Gasteiger partial charge in [-0.3, -0.25) is 9.71 Å². The Hall–Kier alpha value is -1.51. The lowest BCUT2D eigenvalue weighted by molar-refractivity contribution is 0.601. The largest absolute Gasteiger partial charge is 0.389 e. The first kappa shape index (κ1) is 14.9. The summed E-state index contributed by atoms with van der Waals surface area (Å²) in [5.41, 5.74) is 6.56. The molecule has 8 heteroatoms. The number of anilines is 1. The second-order valence-corrected chi connectivity index (χ2v) is 6.83. The van der Waals surface area contributed by atoms with Crippen LogP contribution in [0.25, 0.3) is 0 Å². The zero-order valence-corrected chi connectivity index (χ0v) is 13.3. The predicted octanol–water partition coefficient (Wildman–Crippen LogP) is 2.28. The third-order valence-corrected chi connectivity index (χ3v) is 4.69. The van der Waals surface area contributed by atoms with E-state index >= 15 is 0 Å². The van der Waals surface area contributed by atoms with E-state index in [9.17, 15) is 8.42 Å². The highest BCUT2D eigenvalue weighted by molar-refractivity contribution is 9.10. The summed E-state index contributed by atoms with van der Waals surface area (Å²) in [6, 6.07) is 7.91. The average Bonchev–Trinajstić information content (AvgIpc) is 2.41. The van der Waals surface area contributed by atoms with Crippen LogP contribution in [0.3, 0.4) is 0 Å². The van der Waals surface area contributed by atoms with Crippen LogP contribution in [0.15, 0.2) is 52.1 Å². The van der Waals surface area contributed by atoms with E-state index in [1.165, 1.54) is 18.5 Å². The molecule has 2 aromatic rings. The van der Waals surface area contributed by atoms with E-state index in [-0.39, 0.29) is 9.88 Å². The Balaban J connectivity index is 2.33. The summed E-state index contributed by atoms with van der Waals surface area (Å²) in [4.78, 5) is 4.12. The molecule has 0 aliphatic heterocycles. The third-order valence-electron chi connectivity index (χ3n) is 2.44. The van der Waals surface area contributed by atoms with Crippen molar-refractivity contribution < 1.29 is 8.42 Å². The predicted molar refractivity (Wildman–Crippen MR) is 85.1 cm³/mol. The van der Waals surface area contributed by atoms with Gasteiger partial charge in [-0.05, 0) is 46.3 Å². The fourth-order valence-electron chi connectivity index (χ4n) is 1.46. The number of nitrogens with two attached hydrogens (primary N) is 1. The molecule has 3 N–H and O–H groups in total. The Morgan fingerprint density at radius 2 is 2.10 bits per heavy atom. The van der Waals surface area contributed by atoms with Crippen molar-refractivity contribution in [2.45, 2.75) is 4.90 Å². The summed E-state index contributed by atoms with van der Waals surface area (Å²) in [5.74, 6) is 0. The molecule has 0 bridgehead atoms. The maximum absolute atomic E-state index is 12.2. The lowest BCUT2D eigenvalue weighted by atomic mass is 10.2. The van der Waals surface area contributed by atoms with Gasteiger partial charge < -0.3 is 5.73 Å². The lowest BCUT2D eigenvalue weighted by Gasteiger charge is -2.10. The molecule has 2 rings (SSSR count). The minimum atomic E-state index is -3.68. The molecule has 0 fully saturated rings. The van der Waals surface area contributed by atoms with E-state index in [4.69, 9.17) is 18.0 Å². The number of benzene rings is 1. The number of pyridine rings is 1. The van der Waals surface area contributed by atoms with Crippen LogP contribution in [0.5, 0.6) is 0 Å². The number of thiocarbonyl (C=S) groups is 1. The molecular weight excluding hydrogens is 362 g/mol. The van der Waals surface area contributed by atoms with Crippen LogP contribution < -0.4 is 10.5 Å². The highest BCUT2D eigenvalue weighted by atomic mass is 79.9. The highest BCUT2D eigenvalue weighted by Gasteiger charge is 2.15. The molecule has 0 saturated heterocycles. The van der Waals surface area contributed by atoms with Crippen molar-refractivity contribution in [1.29, 1.82) is 0 Å². The van der Waals surface area contributed by atoms with E-state index in [1.807, 2.05) is 0 Å². The Morgan fingerprint density at radius 3 is 2.65 bits per heavy atom. The monoisotopic (exact) mass is 371 g/mol. The van der Waals surface area contributed by atoms with Crippen LogP contribution in [0.4, 0.5) is 5.69 Å². The van der Waals surface area contributed by atoms with Crippen molar-refractivity contribution in [1.82, 2.24) is 4.98 Å². The number of hydrogen-bond acceptors (Lipinski definition) is 4. The fraction of sp³-hybridized carbons (Fsp3) is 0. The number of sulfonamides is 1. The highest BCUT2D eigenvalue weighted by Crippen LogP contribution is 2.26. The second kappa shape index (κ2) is 5.86. The Kier molecular flexibility index (Phi) is 4.36. The molecule has 0 spiro atoms. The summed E-state index contributed by atoms with van der Waals surface area (Å²) in [5, 5.41) is 0. The summed E-state index contributed by atoms with van der Waals surface area (Å²) in [7, 11) is -3.68. The van der Waals surface area contributed by atoms with Gasteiger partial charge >= 0.3 is 0 Å². The van der Waals surface area contributed by atoms with Gasteiger partial charge in [0.2, 0.25) is 0 Å². The molecule has 1 aromatic carbocycles.